The molecule has 18 heteroatoms. The predicted molar refractivity (Wildman–Crippen MR) is 188 cm³/mol. The molecule has 4 rings (SSSR count). The van der Waals surface area contributed by atoms with E-state index in [1.807, 2.05) is 50.5 Å². The largest absolute Gasteiger partial charge is 0.343 e. The topological polar surface area (TPSA) is 220 Å². The fourth-order valence-corrected chi connectivity index (χ4v) is 7.75. The minimum atomic E-state index is -4.28. The van der Waals surface area contributed by atoms with Gasteiger partial charge in [0.25, 0.3) is 20.2 Å². The summed E-state index contributed by atoms with van der Waals surface area (Å²) in [5, 5.41) is 5.36. The van der Waals surface area contributed by atoms with Crippen molar-refractivity contribution in [2.75, 3.05) is 29.5 Å². The molecule has 0 saturated carbocycles. The molecule has 0 radical (unpaired) electrons. The molecule has 0 atom stereocenters. The average Bonchev–Trinajstić information content (AvgIpc) is 3.33. The lowest BCUT2D eigenvalue weighted by Gasteiger charge is -2.26. The molecule has 0 amide bonds. The highest BCUT2D eigenvalue weighted by Crippen LogP contribution is 2.48. The molecule has 2 aliphatic rings. The SMILES string of the molecule is CC1(C)C(/C=C/C=C/C=C/C=C2/N(CCS(=O)(=O)O)c3ccc(S(N)(=O)=O)cc3C2(C)C)=[N+](CCS(=O)(=O)O)c2ccc(SOON)cc21. The molecule has 0 aromatic heterocycles. The van der Waals surface area contributed by atoms with Crippen LogP contribution in [0.1, 0.15) is 38.8 Å². The van der Waals surface area contributed by atoms with Crippen LogP contribution in [0.25, 0.3) is 0 Å². The lowest BCUT2D eigenvalue weighted by Crippen LogP contribution is -2.30. The first-order valence-corrected chi connectivity index (χ1v) is 20.2. The highest BCUT2D eigenvalue weighted by atomic mass is 32.2. The van der Waals surface area contributed by atoms with E-state index >= 15 is 0 Å². The maximum Gasteiger partial charge on any atom is 0.271 e. The van der Waals surface area contributed by atoms with Gasteiger partial charge in [0, 0.05) is 45.9 Å². The normalized spacial score (nSPS) is 18.4. The number of fused-ring (bicyclic) bond motifs is 2. The number of anilines is 1. The average molecular weight is 756 g/mol. The first kappa shape index (κ1) is 38.6. The zero-order valence-electron chi connectivity index (χ0n) is 27.2. The van der Waals surface area contributed by atoms with Gasteiger partial charge in [-0.1, -0.05) is 44.2 Å². The van der Waals surface area contributed by atoms with E-state index in [0.29, 0.717) is 21.8 Å². The smallest absolute Gasteiger partial charge is 0.271 e. The highest BCUT2D eigenvalue weighted by Gasteiger charge is 2.45. The Hall–Kier alpha value is -3.17. The predicted octanol–water partition coefficient (Wildman–Crippen LogP) is 3.67. The van der Waals surface area contributed by atoms with E-state index in [1.165, 1.54) is 12.1 Å². The van der Waals surface area contributed by atoms with Gasteiger partial charge in [-0.05, 0) is 55.8 Å². The second kappa shape index (κ2) is 14.6. The van der Waals surface area contributed by atoms with E-state index in [0.717, 1.165) is 29.0 Å². The Morgan fingerprint density at radius 2 is 1.51 bits per heavy atom. The van der Waals surface area contributed by atoms with Crippen molar-refractivity contribution in [3.8, 4) is 0 Å². The van der Waals surface area contributed by atoms with E-state index in [9.17, 15) is 34.4 Å². The highest BCUT2D eigenvalue weighted by molar-refractivity contribution is 7.94. The second-order valence-electron chi connectivity index (χ2n) is 12.3. The van der Waals surface area contributed by atoms with Gasteiger partial charge in [-0.3, -0.25) is 9.11 Å². The fourth-order valence-electron chi connectivity index (χ4n) is 5.98. The summed E-state index contributed by atoms with van der Waals surface area (Å²) in [4.78, 5) is 6.56. The molecular weight excluding hydrogens is 717 g/mol. The maximum absolute atomic E-state index is 12.0. The zero-order valence-corrected chi connectivity index (χ0v) is 30.4. The zero-order chi connectivity index (χ0) is 36.4. The van der Waals surface area contributed by atoms with Crippen LogP contribution in [0.3, 0.4) is 0 Å². The Morgan fingerprint density at radius 3 is 2.14 bits per heavy atom. The number of hydrogen-bond donors (Lipinski definition) is 4. The molecule has 6 N–H and O–H groups in total. The van der Waals surface area contributed by atoms with Crippen LogP contribution in [0, 0.1) is 0 Å². The second-order valence-corrected chi connectivity index (χ2v) is 17.8. The number of nitrogens with two attached hydrogens (primary N) is 2. The summed E-state index contributed by atoms with van der Waals surface area (Å²) in [5.74, 6) is 3.95. The fraction of sp³-hybridized carbons (Fsp3) is 0.323. The molecule has 0 fully saturated rings. The summed E-state index contributed by atoms with van der Waals surface area (Å²) in [6, 6.07) is 9.89. The molecule has 0 bridgehead atoms. The van der Waals surface area contributed by atoms with Gasteiger partial charge in [-0.2, -0.15) is 27.3 Å². The third kappa shape index (κ3) is 9.14. The van der Waals surface area contributed by atoms with Crippen molar-refractivity contribution >= 4 is 59.4 Å². The third-order valence-corrected chi connectivity index (χ3v) is 11.2. The van der Waals surface area contributed by atoms with Gasteiger partial charge in [-0.15, -0.1) is 9.32 Å². The van der Waals surface area contributed by atoms with Gasteiger partial charge < -0.3 is 4.90 Å². The van der Waals surface area contributed by atoms with E-state index in [2.05, 4.69) is 4.99 Å². The summed E-state index contributed by atoms with van der Waals surface area (Å²) < 4.78 is 96.0. The molecule has 0 saturated heterocycles. The van der Waals surface area contributed by atoms with Gasteiger partial charge in [0.2, 0.25) is 15.7 Å². The third-order valence-electron chi connectivity index (χ3n) is 8.32. The number of sulfonamides is 1. The van der Waals surface area contributed by atoms with Crippen molar-refractivity contribution in [1.29, 1.82) is 0 Å². The van der Waals surface area contributed by atoms with Crippen LogP contribution in [-0.2, 0) is 50.4 Å². The van der Waals surface area contributed by atoms with Crippen LogP contribution >= 0.6 is 12.0 Å². The number of primary sulfonamides is 1. The first-order valence-electron chi connectivity index (χ1n) is 14.7. The Morgan fingerprint density at radius 1 is 0.857 bits per heavy atom. The quantitative estimate of drug-likeness (QED) is 0.0541. The molecule has 2 aromatic rings. The monoisotopic (exact) mass is 755 g/mol. The van der Waals surface area contributed by atoms with Gasteiger partial charge >= 0.3 is 0 Å². The van der Waals surface area contributed by atoms with Gasteiger partial charge in [0.05, 0.1) is 28.1 Å². The Kier molecular flexibility index (Phi) is 11.5. The molecule has 0 aliphatic carbocycles. The van der Waals surface area contributed by atoms with Crippen LogP contribution in [0.2, 0.25) is 0 Å². The summed E-state index contributed by atoms with van der Waals surface area (Å²) in [7, 11) is -12.5. The van der Waals surface area contributed by atoms with Crippen molar-refractivity contribution < 1.29 is 48.3 Å². The van der Waals surface area contributed by atoms with Gasteiger partial charge in [0.15, 0.2) is 12.3 Å². The van der Waals surface area contributed by atoms with Crippen LogP contribution in [-0.4, -0.2) is 69.2 Å². The maximum atomic E-state index is 12.0. The number of rotatable bonds is 14. The Bertz CT molecular complexity index is 2100. The Labute approximate surface area is 291 Å². The van der Waals surface area contributed by atoms with Crippen molar-refractivity contribution in [3.63, 3.8) is 0 Å². The number of benzene rings is 2. The van der Waals surface area contributed by atoms with Crippen LogP contribution < -0.4 is 15.9 Å². The Balaban J connectivity index is 1.61. The molecule has 266 valence electrons. The van der Waals surface area contributed by atoms with Crippen molar-refractivity contribution in [2.45, 2.75) is 48.3 Å². The van der Waals surface area contributed by atoms with E-state index < -0.39 is 52.6 Å². The lowest BCUT2D eigenvalue weighted by molar-refractivity contribution is -0.432. The van der Waals surface area contributed by atoms with Crippen LogP contribution in [0.4, 0.5) is 11.4 Å². The molecule has 0 spiro atoms. The van der Waals surface area contributed by atoms with Crippen LogP contribution in [0.15, 0.2) is 94.4 Å². The van der Waals surface area contributed by atoms with Crippen molar-refractivity contribution in [2.24, 2.45) is 11.0 Å². The minimum absolute atomic E-state index is 0.0198. The molecule has 2 heterocycles. The first-order chi connectivity index (χ1) is 22.7. The summed E-state index contributed by atoms with van der Waals surface area (Å²) >= 11 is 0.924. The molecule has 2 aromatic carbocycles. The number of nitrogens with zero attached hydrogens (tertiary/aromatic N) is 2. The van der Waals surface area contributed by atoms with Crippen LogP contribution in [0.5, 0.6) is 0 Å². The standard InChI is InChI=1S/C31H38N4O10S4/c1-30(2)24-20-22(46-45-44-32)12-14-26(24)34(16-18-47(36,37)38)28(30)10-8-6-5-7-9-11-29-31(3,4)25-21-23(49(33,42)43)13-15-27(25)35(29)17-19-48(39,40)41/h5-15,20-21H,16-19,32H2,1-4H3,(H3-,33,36,37,38,39,40,41,42,43)/p+1. The number of hydrogen-bond acceptors (Lipinski definition) is 11. The van der Waals surface area contributed by atoms with Gasteiger partial charge in [0.1, 0.15) is 5.75 Å². The van der Waals surface area contributed by atoms with Crippen molar-refractivity contribution in [3.05, 3.63) is 95.8 Å². The molecule has 0 unspecified atom stereocenters. The van der Waals surface area contributed by atoms with Crippen molar-refractivity contribution in [1.82, 2.24) is 0 Å². The number of allylic oxidation sites excluding steroid dienone is 8. The molecule has 49 heavy (non-hydrogen) atoms. The van der Waals surface area contributed by atoms with Gasteiger partial charge in [-0.25, -0.2) is 13.6 Å². The van der Waals surface area contributed by atoms with E-state index in [-0.39, 0.29) is 18.0 Å². The summed E-state index contributed by atoms with van der Waals surface area (Å²) in [6.07, 6.45) is 12.5. The summed E-state index contributed by atoms with van der Waals surface area (Å²) in [6.45, 7) is 7.68. The summed E-state index contributed by atoms with van der Waals surface area (Å²) in [5.41, 5.74) is 3.08. The van der Waals surface area contributed by atoms with E-state index in [1.54, 1.807) is 53.5 Å². The molecule has 2 aliphatic heterocycles. The lowest BCUT2D eigenvalue weighted by atomic mass is 9.81. The van der Waals surface area contributed by atoms with E-state index in [4.69, 9.17) is 15.4 Å². The molecule has 14 nitrogen and oxygen atoms in total. The minimum Gasteiger partial charge on any atom is -0.343 e. The molecular formula is C31H39N4O10S4+.